The van der Waals surface area contributed by atoms with Crippen molar-refractivity contribution in [3.8, 4) is 5.75 Å². The zero-order valence-corrected chi connectivity index (χ0v) is 13.9. The first-order valence-electron chi connectivity index (χ1n) is 7.63. The van der Waals surface area contributed by atoms with Crippen molar-refractivity contribution in [3.63, 3.8) is 0 Å². The van der Waals surface area contributed by atoms with Gasteiger partial charge in [0.15, 0.2) is 12.7 Å². The quantitative estimate of drug-likeness (QED) is 0.725. The number of amides is 3. The van der Waals surface area contributed by atoms with E-state index in [0.29, 0.717) is 5.76 Å². The highest BCUT2D eigenvalue weighted by Gasteiger charge is 2.18. The third-order valence-corrected chi connectivity index (χ3v) is 3.06. The highest BCUT2D eigenvalue weighted by molar-refractivity contribution is 5.95. The Morgan fingerprint density at radius 2 is 1.92 bits per heavy atom. The van der Waals surface area contributed by atoms with Gasteiger partial charge in [0, 0.05) is 0 Å². The number of furan rings is 1. The van der Waals surface area contributed by atoms with Crippen LogP contribution in [0, 0.1) is 5.82 Å². The van der Waals surface area contributed by atoms with E-state index in [-0.39, 0.29) is 12.3 Å². The number of carbonyl (C=O) groups is 3. The number of rotatable bonds is 7. The van der Waals surface area contributed by atoms with Crippen LogP contribution in [0.2, 0.25) is 0 Å². The lowest BCUT2D eigenvalue weighted by Crippen LogP contribution is -2.41. The van der Waals surface area contributed by atoms with Crippen molar-refractivity contribution >= 4 is 17.9 Å². The van der Waals surface area contributed by atoms with Gasteiger partial charge in [-0.3, -0.25) is 10.1 Å². The molecule has 0 aliphatic rings. The lowest BCUT2D eigenvalue weighted by Gasteiger charge is -2.13. The molecule has 0 bridgehead atoms. The van der Waals surface area contributed by atoms with Gasteiger partial charge in [0.25, 0.3) is 5.91 Å². The Morgan fingerprint density at radius 3 is 2.58 bits per heavy atom. The lowest BCUT2D eigenvalue weighted by molar-refractivity contribution is -0.154. The van der Waals surface area contributed by atoms with Crippen LogP contribution in [0.5, 0.6) is 5.75 Å². The van der Waals surface area contributed by atoms with Crippen molar-refractivity contribution in [2.75, 3.05) is 6.61 Å². The molecule has 26 heavy (non-hydrogen) atoms. The molecule has 1 heterocycles. The summed E-state index contributed by atoms with van der Waals surface area (Å²) in [7, 11) is 0. The number of carbonyl (C=O) groups excluding carboxylic acids is 3. The molecule has 1 aromatic heterocycles. The molecule has 0 fully saturated rings. The second kappa shape index (κ2) is 9.21. The number of hydrogen-bond donors (Lipinski definition) is 2. The minimum atomic E-state index is -1.01. The first-order valence-corrected chi connectivity index (χ1v) is 7.63. The average Bonchev–Trinajstić information content (AvgIpc) is 3.13. The lowest BCUT2D eigenvalue weighted by atomic mass is 10.3. The first kappa shape index (κ1) is 19.0. The molecule has 0 spiro atoms. The Bertz CT molecular complexity index is 745. The predicted molar refractivity (Wildman–Crippen MR) is 86.5 cm³/mol. The molecule has 0 saturated carbocycles. The minimum Gasteiger partial charge on any atom is -0.479 e. The number of imide groups is 1. The van der Waals surface area contributed by atoms with Crippen LogP contribution in [0.4, 0.5) is 9.18 Å². The summed E-state index contributed by atoms with van der Waals surface area (Å²) < 4.78 is 27.8. The molecule has 2 N–H and O–H groups in total. The molecule has 0 aliphatic carbocycles. The monoisotopic (exact) mass is 364 g/mol. The molecule has 2 rings (SSSR count). The second-order valence-corrected chi connectivity index (χ2v) is 5.13. The Morgan fingerprint density at radius 1 is 1.19 bits per heavy atom. The van der Waals surface area contributed by atoms with Crippen molar-refractivity contribution < 1.29 is 32.7 Å². The second-order valence-electron chi connectivity index (χ2n) is 5.13. The molecule has 0 saturated heterocycles. The molecule has 0 unspecified atom stereocenters. The summed E-state index contributed by atoms with van der Waals surface area (Å²) in [4.78, 5) is 34.9. The molecule has 0 radical (unpaired) electrons. The van der Waals surface area contributed by atoms with Crippen molar-refractivity contribution in [1.82, 2.24) is 10.6 Å². The zero-order valence-electron chi connectivity index (χ0n) is 13.9. The smallest absolute Gasteiger partial charge is 0.347 e. The first-order chi connectivity index (χ1) is 12.4. The summed E-state index contributed by atoms with van der Waals surface area (Å²) in [5, 5.41) is 4.41. The van der Waals surface area contributed by atoms with Crippen LogP contribution in [-0.4, -0.2) is 30.6 Å². The normalized spacial score (nSPS) is 11.3. The third kappa shape index (κ3) is 6.27. The summed E-state index contributed by atoms with van der Waals surface area (Å²) in [6.45, 7) is 0.873. The van der Waals surface area contributed by atoms with E-state index in [1.807, 2.05) is 5.32 Å². The number of nitrogens with one attached hydrogen (secondary N) is 2. The summed E-state index contributed by atoms with van der Waals surface area (Å²) in [5.74, 6) is -1.25. The van der Waals surface area contributed by atoms with E-state index >= 15 is 0 Å². The highest BCUT2D eigenvalue weighted by Crippen LogP contribution is 2.13. The Balaban J connectivity index is 1.67. The number of benzene rings is 1. The molecule has 0 aliphatic heterocycles. The van der Waals surface area contributed by atoms with Gasteiger partial charge in [-0.05, 0) is 43.3 Å². The van der Waals surface area contributed by atoms with Crippen molar-refractivity contribution in [2.24, 2.45) is 0 Å². The van der Waals surface area contributed by atoms with Gasteiger partial charge in [-0.2, -0.15) is 0 Å². The van der Waals surface area contributed by atoms with Crippen molar-refractivity contribution in [3.05, 3.63) is 54.2 Å². The fraction of sp³-hybridized carbons (Fsp3) is 0.235. The van der Waals surface area contributed by atoms with E-state index in [1.165, 1.54) is 37.5 Å². The maximum atomic E-state index is 12.8. The Hall–Kier alpha value is -3.36. The average molecular weight is 364 g/mol. The highest BCUT2D eigenvalue weighted by atomic mass is 19.1. The Kier molecular flexibility index (Phi) is 6.72. The fourth-order valence-electron chi connectivity index (χ4n) is 1.81. The number of halogens is 1. The molecule has 138 valence electrons. The van der Waals surface area contributed by atoms with Gasteiger partial charge in [-0.25, -0.2) is 14.0 Å². The van der Waals surface area contributed by atoms with Crippen LogP contribution < -0.4 is 15.4 Å². The molecular weight excluding hydrogens is 347 g/mol. The molecule has 2 aromatic rings. The number of esters is 1. The topological polar surface area (TPSA) is 107 Å². The van der Waals surface area contributed by atoms with Gasteiger partial charge in [0.2, 0.25) is 0 Å². The Labute approximate surface area is 148 Å². The molecule has 1 aromatic carbocycles. The van der Waals surface area contributed by atoms with Gasteiger partial charge < -0.3 is 19.2 Å². The van der Waals surface area contributed by atoms with Crippen LogP contribution in [0.3, 0.4) is 0 Å². The van der Waals surface area contributed by atoms with Gasteiger partial charge in [-0.15, -0.1) is 0 Å². The molecule has 8 nitrogen and oxygen atoms in total. The molecular formula is C17H17FN2O6. The van der Waals surface area contributed by atoms with E-state index in [0.717, 1.165) is 0 Å². The largest absolute Gasteiger partial charge is 0.479 e. The number of hydrogen-bond acceptors (Lipinski definition) is 6. The minimum absolute atomic E-state index is 0.106. The fourth-order valence-corrected chi connectivity index (χ4v) is 1.81. The standard InChI is InChI=1S/C17H17FN2O6/c1-11(26-13-6-4-12(18)5-7-13)16(22)25-10-15(21)20-17(23)19-9-14-3-2-8-24-14/h2-8,11H,9-10H2,1H3,(H2,19,20,21,23)/t11-/m0/s1. The molecule has 3 amide bonds. The van der Waals surface area contributed by atoms with Crippen LogP contribution in [0.25, 0.3) is 0 Å². The summed E-state index contributed by atoms with van der Waals surface area (Å²) in [5.41, 5.74) is 0. The van der Waals surface area contributed by atoms with Crippen LogP contribution in [0.15, 0.2) is 47.1 Å². The van der Waals surface area contributed by atoms with Gasteiger partial charge in [0.1, 0.15) is 17.3 Å². The van der Waals surface area contributed by atoms with Gasteiger partial charge in [0.05, 0.1) is 12.8 Å². The van der Waals surface area contributed by atoms with Crippen LogP contribution >= 0.6 is 0 Å². The third-order valence-electron chi connectivity index (χ3n) is 3.06. The summed E-state index contributed by atoms with van der Waals surface area (Å²) in [6, 6.07) is 7.65. The summed E-state index contributed by atoms with van der Waals surface area (Å²) in [6.07, 6.45) is 0.440. The van der Waals surface area contributed by atoms with Crippen LogP contribution in [-0.2, 0) is 20.9 Å². The molecule has 9 heteroatoms. The number of ether oxygens (including phenoxy) is 2. The van der Waals surface area contributed by atoms with E-state index in [4.69, 9.17) is 13.9 Å². The predicted octanol–water partition coefficient (Wildman–Crippen LogP) is 1.76. The van der Waals surface area contributed by atoms with E-state index in [9.17, 15) is 18.8 Å². The van der Waals surface area contributed by atoms with E-state index < -0.39 is 36.4 Å². The molecule has 1 atom stereocenters. The number of urea groups is 1. The van der Waals surface area contributed by atoms with E-state index in [2.05, 4.69) is 5.32 Å². The maximum absolute atomic E-state index is 12.8. The van der Waals surface area contributed by atoms with Gasteiger partial charge >= 0.3 is 12.0 Å². The SMILES string of the molecule is C[C@H](Oc1ccc(F)cc1)C(=O)OCC(=O)NC(=O)NCc1ccco1. The van der Waals surface area contributed by atoms with E-state index in [1.54, 1.807) is 12.1 Å². The summed E-state index contributed by atoms with van der Waals surface area (Å²) >= 11 is 0. The zero-order chi connectivity index (χ0) is 18.9. The maximum Gasteiger partial charge on any atom is 0.347 e. The van der Waals surface area contributed by atoms with Crippen molar-refractivity contribution in [1.29, 1.82) is 0 Å². The van der Waals surface area contributed by atoms with Crippen LogP contribution in [0.1, 0.15) is 12.7 Å². The van der Waals surface area contributed by atoms with Crippen molar-refractivity contribution in [2.45, 2.75) is 19.6 Å². The van der Waals surface area contributed by atoms with Gasteiger partial charge in [-0.1, -0.05) is 0 Å².